The quantitative estimate of drug-likeness (QED) is 0.455. The van der Waals surface area contributed by atoms with E-state index in [1.807, 2.05) is 0 Å². The Morgan fingerprint density at radius 2 is 1.97 bits per heavy atom. The minimum Gasteiger partial charge on any atom is -0.496 e. The monoisotopic (exact) mass is 502 g/mol. The van der Waals surface area contributed by atoms with E-state index in [0.717, 1.165) is 10.7 Å². The molecule has 0 bridgehead atoms. The van der Waals surface area contributed by atoms with Crippen LogP contribution in [-0.4, -0.2) is 59.7 Å². The number of primary amides is 1. The Kier molecular flexibility index (Phi) is 6.63. The van der Waals surface area contributed by atoms with Crippen molar-refractivity contribution in [2.75, 3.05) is 33.0 Å². The summed E-state index contributed by atoms with van der Waals surface area (Å²) >= 11 is 0. The van der Waals surface area contributed by atoms with Crippen LogP contribution in [0.1, 0.15) is 32.3 Å². The number of para-hydroxylation sites is 1. The van der Waals surface area contributed by atoms with Crippen LogP contribution < -0.4 is 21.5 Å². The number of methoxy groups -OCH3 is 1. The number of carbonyl (C=O) groups excluding carboxylic acids is 2. The van der Waals surface area contributed by atoms with Gasteiger partial charge in [0.1, 0.15) is 34.7 Å². The van der Waals surface area contributed by atoms with Gasteiger partial charge in [0.25, 0.3) is 17.7 Å². The maximum Gasteiger partial charge on any atom is 0.283 e. The second kappa shape index (κ2) is 9.53. The van der Waals surface area contributed by atoms with E-state index >= 15 is 0 Å². The molecule has 1 aromatic heterocycles. The van der Waals surface area contributed by atoms with E-state index in [2.05, 4.69) is 10.4 Å². The van der Waals surface area contributed by atoms with Crippen LogP contribution in [0, 0.1) is 5.82 Å². The van der Waals surface area contributed by atoms with Crippen LogP contribution in [-0.2, 0) is 6.54 Å². The molecule has 0 spiro atoms. The number of likely N-dealkylation sites (tertiary alicyclic amines) is 1. The lowest BCUT2D eigenvalue weighted by molar-refractivity contribution is -0.0232. The fourth-order valence-corrected chi connectivity index (χ4v) is 4.29. The molecule has 190 valence electrons. The molecule has 1 atom stereocenters. The number of amides is 2. The molecule has 12 heteroatoms. The van der Waals surface area contributed by atoms with Crippen molar-refractivity contribution in [3.63, 3.8) is 0 Å². The number of nitrogens with two attached hydrogens (primary N) is 2. The molecule has 1 fully saturated rings. The van der Waals surface area contributed by atoms with Crippen molar-refractivity contribution in [2.24, 2.45) is 5.73 Å². The summed E-state index contributed by atoms with van der Waals surface area (Å²) in [6.07, 6.45) is 0. The van der Waals surface area contributed by atoms with Gasteiger partial charge in [-0.05, 0) is 25.2 Å². The number of rotatable bonds is 7. The van der Waals surface area contributed by atoms with Gasteiger partial charge in [0.05, 0.1) is 19.2 Å². The summed E-state index contributed by atoms with van der Waals surface area (Å²) in [7, 11) is 2.97. The highest BCUT2D eigenvalue weighted by molar-refractivity contribution is 6.03. The van der Waals surface area contributed by atoms with Gasteiger partial charge in [-0.25, -0.2) is 17.9 Å². The largest absolute Gasteiger partial charge is 0.496 e. The van der Waals surface area contributed by atoms with Crippen LogP contribution in [0.5, 0.6) is 5.75 Å². The maximum absolute atomic E-state index is 15.0. The molecule has 1 aliphatic rings. The fraction of sp³-hybridized carbons (Fsp3) is 0.292. The number of likely N-dealkylation sites (N-methyl/N-ethyl adjacent to an activating group) is 1. The molecule has 36 heavy (non-hydrogen) atoms. The first-order valence-electron chi connectivity index (χ1n) is 11.0. The number of alkyl halides is 2. The van der Waals surface area contributed by atoms with E-state index < -0.39 is 36.1 Å². The van der Waals surface area contributed by atoms with E-state index in [-0.39, 0.29) is 41.3 Å². The van der Waals surface area contributed by atoms with Crippen molar-refractivity contribution in [3.05, 3.63) is 65.0 Å². The average molecular weight is 502 g/mol. The number of nitrogens with zero attached hydrogens (tertiary/aromatic N) is 3. The molecule has 1 unspecified atom stereocenters. The summed E-state index contributed by atoms with van der Waals surface area (Å²) in [6, 6.07) is 9.11. The molecule has 2 heterocycles. The molecule has 2 aromatic carbocycles. The van der Waals surface area contributed by atoms with Crippen LogP contribution in [0.2, 0.25) is 0 Å². The summed E-state index contributed by atoms with van der Waals surface area (Å²) < 4.78 is 50.1. The molecule has 2 amide bonds. The highest BCUT2D eigenvalue weighted by Crippen LogP contribution is 2.39. The summed E-state index contributed by atoms with van der Waals surface area (Å²) in [6.45, 7) is -0.680. The summed E-state index contributed by atoms with van der Waals surface area (Å²) in [5.41, 5.74) is 11.7. The predicted octanol–water partition coefficient (Wildman–Crippen LogP) is 2.43. The second-order valence-corrected chi connectivity index (χ2v) is 8.58. The third kappa shape index (κ3) is 4.59. The minimum atomic E-state index is -3.14. The number of benzene rings is 2. The molecule has 1 saturated heterocycles. The normalized spacial score (nSPS) is 17.2. The number of nitrogens with one attached hydrogen (secondary N) is 1. The van der Waals surface area contributed by atoms with Gasteiger partial charge in [-0.2, -0.15) is 5.10 Å². The van der Waals surface area contributed by atoms with Gasteiger partial charge in [0, 0.05) is 24.2 Å². The van der Waals surface area contributed by atoms with E-state index in [1.165, 1.54) is 31.2 Å². The summed E-state index contributed by atoms with van der Waals surface area (Å²) in [5.74, 6) is -5.22. The number of hydrogen-bond acceptors (Lipinski definition) is 6. The van der Waals surface area contributed by atoms with Gasteiger partial charge in [-0.3, -0.25) is 14.5 Å². The number of nitrogen functional groups attached to an aromatic ring is 1. The van der Waals surface area contributed by atoms with Crippen LogP contribution in [0.25, 0.3) is 11.3 Å². The minimum absolute atomic E-state index is 0.0459. The van der Waals surface area contributed by atoms with Gasteiger partial charge >= 0.3 is 0 Å². The van der Waals surface area contributed by atoms with Crippen LogP contribution in [0.4, 0.5) is 19.0 Å². The van der Waals surface area contributed by atoms with E-state index in [0.29, 0.717) is 11.3 Å². The van der Waals surface area contributed by atoms with Crippen LogP contribution in [0.3, 0.4) is 0 Å². The van der Waals surface area contributed by atoms with Crippen molar-refractivity contribution >= 4 is 17.6 Å². The molecule has 1 aliphatic heterocycles. The van der Waals surface area contributed by atoms with E-state index in [4.69, 9.17) is 16.2 Å². The molecule has 0 aliphatic carbocycles. The number of halogens is 3. The van der Waals surface area contributed by atoms with Gasteiger partial charge in [-0.1, -0.05) is 24.3 Å². The zero-order valence-electron chi connectivity index (χ0n) is 19.6. The molecule has 0 radical (unpaired) electrons. The smallest absolute Gasteiger partial charge is 0.283 e. The third-order valence-electron chi connectivity index (χ3n) is 6.06. The lowest BCUT2D eigenvalue weighted by atomic mass is 10.0. The first-order chi connectivity index (χ1) is 17.0. The maximum atomic E-state index is 15.0. The van der Waals surface area contributed by atoms with Crippen molar-refractivity contribution in [2.45, 2.75) is 18.5 Å². The van der Waals surface area contributed by atoms with Gasteiger partial charge in [-0.15, -0.1) is 0 Å². The van der Waals surface area contributed by atoms with Crippen molar-refractivity contribution in [1.82, 2.24) is 20.0 Å². The van der Waals surface area contributed by atoms with Gasteiger partial charge in [0.15, 0.2) is 0 Å². The van der Waals surface area contributed by atoms with Crippen molar-refractivity contribution in [1.29, 1.82) is 0 Å². The first-order valence-corrected chi connectivity index (χ1v) is 11.0. The Labute approximate surface area is 204 Å². The average Bonchev–Trinajstić information content (AvgIpc) is 3.31. The second-order valence-electron chi connectivity index (χ2n) is 8.58. The van der Waals surface area contributed by atoms with Gasteiger partial charge < -0.3 is 21.5 Å². The number of ether oxygens (including phenoxy) is 1. The van der Waals surface area contributed by atoms with Gasteiger partial charge in [0.2, 0.25) is 0 Å². The Balaban J connectivity index is 1.61. The Morgan fingerprint density at radius 3 is 2.58 bits per heavy atom. The highest BCUT2D eigenvalue weighted by atomic mass is 19.3. The lowest BCUT2D eigenvalue weighted by Crippen LogP contribution is -2.31. The Morgan fingerprint density at radius 1 is 1.25 bits per heavy atom. The molecule has 4 rings (SSSR count). The predicted molar refractivity (Wildman–Crippen MR) is 126 cm³/mol. The third-order valence-corrected chi connectivity index (χ3v) is 6.06. The fourth-order valence-electron chi connectivity index (χ4n) is 4.29. The number of aromatic nitrogens is 2. The topological polar surface area (TPSA) is 128 Å². The summed E-state index contributed by atoms with van der Waals surface area (Å²) in [4.78, 5) is 26.0. The standard InChI is InChI=1S/C24H25F3N6O3/c1-32-11-18(24(26,27)12-32)33-21(28)19(22(29)34)20(31-33)13-7-8-14(16(25)9-13)10-30-23(35)15-5-3-4-6-17(15)36-2/h3-9,18H,10-12,28H2,1-2H3,(H2,29,34)(H,30,35). The van der Waals surface area contributed by atoms with E-state index in [1.54, 1.807) is 24.3 Å². The van der Waals surface area contributed by atoms with Crippen molar-refractivity contribution < 1.29 is 27.5 Å². The number of hydrogen-bond donors (Lipinski definition) is 3. The highest BCUT2D eigenvalue weighted by Gasteiger charge is 2.49. The zero-order chi connectivity index (χ0) is 26.2. The summed E-state index contributed by atoms with van der Waals surface area (Å²) in [5, 5.41) is 6.77. The first kappa shape index (κ1) is 25.0. The molecule has 9 nitrogen and oxygen atoms in total. The zero-order valence-corrected chi connectivity index (χ0v) is 19.6. The van der Waals surface area contributed by atoms with Crippen molar-refractivity contribution in [3.8, 4) is 17.0 Å². The van der Waals surface area contributed by atoms with Crippen LogP contribution >= 0.6 is 0 Å². The molecular weight excluding hydrogens is 477 g/mol. The molecule has 0 saturated carbocycles. The SMILES string of the molecule is COc1ccccc1C(=O)NCc1ccc(-c2nn(C3CN(C)CC3(F)F)c(N)c2C(N)=O)cc1F. The number of carbonyl (C=O) groups is 2. The number of anilines is 1. The van der Waals surface area contributed by atoms with E-state index in [9.17, 15) is 22.8 Å². The Bertz CT molecular complexity index is 1330. The lowest BCUT2D eigenvalue weighted by Gasteiger charge is -2.19. The molecule has 3 aromatic rings. The van der Waals surface area contributed by atoms with Crippen LogP contribution in [0.15, 0.2) is 42.5 Å². The molecule has 5 N–H and O–H groups in total. The Hall–Kier alpha value is -4.06. The molecular formula is C24H25F3N6O3.